The Labute approximate surface area is 197 Å². The molecule has 3 amide bonds. The number of anilines is 1. The van der Waals surface area contributed by atoms with Crippen LogP contribution in [-0.2, 0) is 23.9 Å². The van der Waals surface area contributed by atoms with E-state index in [0.29, 0.717) is 12.1 Å². The van der Waals surface area contributed by atoms with E-state index in [0.717, 1.165) is 20.5 Å². The van der Waals surface area contributed by atoms with E-state index in [1.807, 2.05) is 13.8 Å². The van der Waals surface area contributed by atoms with Crippen LogP contribution in [0.5, 0.6) is 0 Å². The molecule has 2 aliphatic carbocycles. The zero-order chi connectivity index (χ0) is 22.6. The Kier molecular flexibility index (Phi) is 6.09. The highest BCUT2D eigenvalue weighted by Gasteiger charge is 2.66. The number of carbonyl (C=O) groups excluding carboxylic acids is 4. The number of hydrogen-bond acceptors (Lipinski definition) is 5. The first-order chi connectivity index (χ1) is 14.6. The van der Waals surface area contributed by atoms with Crippen LogP contribution in [0.15, 0.2) is 16.6 Å². The molecule has 4 rings (SSSR count). The van der Waals surface area contributed by atoms with Crippen molar-refractivity contribution >= 4 is 68.5 Å². The Hall–Kier alpha value is -1.64. The van der Waals surface area contributed by atoms with Gasteiger partial charge in [-0.05, 0) is 55.4 Å². The molecule has 0 unspecified atom stereocenters. The zero-order valence-corrected chi connectivity index (χ0v) is 20.0. The van der Waals surface area contributed by atoms with Crippen molar-refractivity contribution in [1.29, 1.82) is 0 Å². The Morgan fingerprint density at radius 2 is 1.61 bits per heavy atom. The van der Waals surface area contributed by atoms with Crippen LogP contribution in [0.1, 0.15) is 17.5 Å². The third kappa shape index (κ3) is 3.87. The highest BCUT2D eigenvalue weighted by atomic mass is 79.9. The monoisotopic (exact) mass is 530 g/mol. The molecular formula is C21H21BrCl2N2O5. The first kappa shape index (κ1) is 22.6. The number of aryl methyl sites for hydroxylation is 2. The summed E-state index contributed by atoms with van der Waals surface area (Å²) in [5.74, 6) is -3.49. The smallest absolute Gasteiger partial charge is 0.326 e. The van der Waals surface area contributed by atoms with Crippen LogP contribution in [0.25, 0.3) is 0 Å². The molecule has 10 heteroatoms. The third-order valence-corrected chi connectivity index (χ3v) is 9.02. The van der Waals surface area contributed by atoms with Gasteiger partial charge in [0.1, 0.15) is 6.54 Å². The fourth-order valence-electron chi connectivity index (χ4n) is 5.10. The summed E-state index contributed by atoms with van der Waals surface area (Å²) in [6.07, 6.45) is 0.655. The fourth-order valence-corrected chi connectivity index (χ4v) is 6.22. The molecule has 1 aliphatic heterocycles. The van der Waals surface area contributed by atoms with Crippen molar-refractivity contribution in [2.24, 2.45) is 23.7 Å². The second-order valence-electron chi connectivity index (χ2n) is 8.40. The summed E-state index contributed by atoms with van der Waals surface area (Å²) in [7, 11) is 0. The zero-order valence-electron chi connectivity index (χ0n) is 16.9. The molecule has 1 heterocycles. The van der Waals surface area contributed by atoms with E-state index >= 15 is 0 Å². The van der Waals surface area contributed by atoms with Crippen LogP contribution in [-0.4, -0.2) is 52.5 Å². The first-order valence-corrected chi connectivity index (χ1v) is 11.6. The van der Waals surface area contributed by atoms with Crippen LogP contribution in [0, 0.1) is 37.5 Å². The molecule has 31 heavy (non-hydrogen) atoms. The molecule has 0 radical (unpaired) electrons. The number of ether oxygens (including phenoxy) is 1. The molecule has 3 aliphatic rings. The van der Waals surface area contributed by atoms with Crippen LogP contribution >= 0.6 is 39.1 Å². The number of carbonyl (C=O) groups is 4. The standard InChI is InChI=1S/C21H21BrCl2N2O5/c1-8-3-10(4-9(2)17(8)22)25-13(27)7-31-14(28)6-26-20(29)15-11-5-12(16(15)21(26)30)19(24)18(11)23/h3-4,11-12,15-16,18-19H,5-7H2,1-2H3,(H,25,27)/t11-,12-,15-,16+,18+,19+/m1/s1. The summed E-state index contributed by atoms with van der Waals surface area (Å²) < 4.78 is 5.95. The maximum Gasteiger partial charge on any atom is 0.326 e. The largest absolute Gasteiger partial charge is 0.454 e. The number of imide groups is 1. The van der Waals surface area contributed by atoms with Crippen molar-refractivity contribution in [3.63, 3.8) is 0 Å². The highest BCUT2D eigenvalue weighted by molar-refractivity contribution is 9.10. The molecule has 3 fully saturated rings. The molecule has 6 atom stereocenters. The van der Waals surface area contributed by atoms with E-state index in [-0.39, 0.29) is 22.6 Å². The maximum atomic E-state index is 12.8. The molecule has 1 aromatic rings. The number of nitrogens with one attached hydrogen (secondary N) is 1. The average Bonchev–Trinajstić information content (AvgIpc) is 3.31. The lowest BCUT2D eigenvalue weighted by molar-refractivity contribution is -0.154. The summed E-state index contributed by atoms with van der Waals surface area (Å²) in [4.78, 5) is 50.8. The number of fused-ring (bicyclic) bond motifs is 5. The van der Waals surface area contributed by atoms with Crippen molar-refractivity contribution < 1.29 is 23.9 Å². The Morgan fingerprint density at radius 3 is 2.13 bits per heavy atom. The minimum Gasteiger partial charge on any atom is -0.454 e. The van der Waals surface area contributed by atoms with Gasteiger partial charge < -0.3 is 10.1 Å². The molecule has 0 aromatic heterocycles. The lowest BCUT2D eigenvalue weighted by Crippen LogP contribution is -2.38. The van der Waals surface area contributed by atoms with Gasteiger partial charge in [0.2, 0.25) is 11.8 Å². The molecule has 2 bridgehead atoms. The molecular weight excluding hydrogens is 511 g/mol. The number of nitrogens with zero attached hydrogens (tertiary/aromatic N) is 1. The van der Waals surface area contributed by atoms with Gasteiger partial charge in [-0.1, -0.05) is 15.9 Å². The summed E-state index contributed by atoms with van der Waals surface area (Å²) >= 11 is 16.1. The van der Waals surface area contributed by atoms with Crippen molar-refractivity contribution in [2.75, 3.05) is 18.5 Å². The molecule has 1 aromatic carbocycles. The number of amides is 3. The highest BCUT2D eigenvalue weighted by Crippen LogP contribution is 2.59. The van der Waals surface area contributed by atoms with Crippen molar-refractivity contribution in [2.45, 2.75) is 31.0 Å². The number of benzene rings is 1. The van der Waals surface area contributed by atoms with E-state index in [9.17, 15) is 19.2 Å². The molecule has 2 saturated carbocycles. The van der Waals surface area contributed by atoms with E-state index in [1.165, 1.54) is 0 Å². The summed E-state index contributed by atoms with van der Waals surface area (Å²) in [6, 6.07) is 3.58. The van der Waals surface area contributed by atoms with Gasteiger partial charge in [0.15, 0.2) is 6.61 Å². The summed E-state index contributed by atoms with van der Waals surface area (Å²) in [5.41, 5.74) is 2.49. The fraction of sp³-hybridized carbons (Fsp3) is 0.524. The van der Waals surface area contributed by atoms with Crippen LogP contribution in [0.2, 0.25) is 0 Å². The van der Waals surface area contributed by atoms with Gasteiger partial charge in [0, 0.05) is 10.2 Å². The van der Waals surface area contributed by atoms with Gasteiger partial charge >= 0.3 is 5.97 Å². The summed E-state index contributed by atoms with van der Waals surface area (Å²) in [5, 5.41) is 1.95. The predicted molar refractivity (Wildman–Crippen MR) is 118 cm³/mol. The van der Waals surface area contributed by atoms with Crippen LogP contribution < -0.4 is 5.32 Å². The Balaban J connectivity index is 1.32. The predicted octanol–water partition coefficient (Wildman–Crippen LogP) is 3.01. The van der Waals surface area contributed by atoms with Crippen molar-refractivity contribution in [3.05, 3.63) is 27.7 Å². The van der Waals surface area contributed by atoms with Gasteiger partial charge in [-0.3, -0.25) is 24.1 Å². The van der Waals surface area contributed by atoms with Gasteiger partial charge in [-0.15, -0.1) is 23.2 Å². The number of hydrogen-bond donors (Lipinski definition) is 1. The van der Waals surface area contributed by atoms with Gasteiger partial charge in [-0.2, -0.15) is 0 Å². The van der Waals surface area contributed by atoms with E-state index in [1.54, 1.807) is 12.1 Å². The quantitative estimate of drug-likeness (QED) is 0.358. The maximum absolute atomic E-state index is 12.8. The number of esters is 1. The minimum atomic E-state index is -0.822. The molecule has 7 nitrogen and oxygen atoms in total. The summed E-state index contributed by atoms with van der Waals surface area (Å²) in [6.45, 7) is 2.76. The lowest BCUT2D eigenvalue weighted by Gasteiger charge is -2.28. The van der Waals surface area contributed by atoms with E-state index in [2.05, 4.69) is 21.2 Å². The molecule has 166 valence electrons. The Morgan fingerprint density at radius 1 is 1.10 bits per heavy atom. The SMILES string of the molecule is Cc1cc(NC(=O)COC(=O)CN2C(=O)[C@@H]3[C@H]4C[C@@H]([C@H](Cl)[C@H]4Cl)[C@@H]3C2=O)cc(C)c1Br. The number of likely N-dealkylation sites (tertiary alicyclic amines) is 1. The second kappa shape index (κ2) is 8.37. The van der Waals surface area contributed by atoms with Crippen molar-refractivity contribution in [1.82, 2.24) is 4.90 Å². The second-order valence-corrected chi connectivity index (χ2v) is 10.2. The Bertz CT molecular complexity index is 932. The lowest BCUT2D eigenvalue weighted by atomic mass is 9.80. The number of halogens is 3. The molecule has 1 saturated heterocycles. The number of rotatable bonds is 5. The van der Waals surface area contributed by atoms with Crippen LogP contribution in [0.4, 0.5) is 5.69 Å². The van der Waals surface area contributed by atoms with Gasteiger partial charge in [0.25, 0.3) is 5.91 Å². The molecule has 1 N–H and O–H groups in total. The van der Waals surface area contributed by atoms with Gasteiger partial charge in [-0.25, -0.2) is 0 Å². The molecule has 0 spiro atoms. The van der Waals surface area contributed by atoms with Gasteiger partial charge in [0.05, 0.1) is 22.6 Å². The topological polar surface area (TPSA) is 92.8 Å². The van der Waals surface area contributed by atoms with E-state index in [4.69, 9.17) is 27.9 Å². The number of alkyl halides is 2. The van der Waals surface area contributed by atoms with Crippen molar-refractivity contribution in [3.8, 4) is 0 Å². The average molecular weight is 532 g/mol. The third-order valence-electron chi connectivity index (χ3n) is 6.45. The minimum absolute atomic E-state index is 0.153. The van der Waals surface area contributed by atoms with Crippen LogP contribution in [0.3, 0.4) is 0 Å². The normalized spacial score (nSPS) is 31.2. The first-order valence-electron chi connectivity index (χ1n) is 9.95. The van der Waals surface area contributed by atoms with E-state index < -0.39 is 48.7 Å².